The zero-order valence-electron chi connectivity index (χ0n) is 56.5. The van der Waals surface area contributed by atoms with Crippen LogP contribution in [0.2, 0.25) is 0 Å². The van der Waals surface area contributed by atoms with Gasteiger partial charge in [-0.2, -0.15) is 0 Å². The van der Waals surface area contributed by atoms with Gasteiger partial charge in [-0.1, -0.05) is 219 Å². The first kappa shape index (κ1) is 84.9. The van der Waals surface area contributed by atoms with Gasteiger partial charge in [0, 0.05) is 19.3 Å². The predicted molar refractivity (Wildman–Crippen MR) is 347 cm³/mol. The summed E-state index contributed by atoms with van der Waals surface area (Å²) in [7, 11) is -5.69. The van der Waals surface area contributed by atoms with E-state index in [1.807, 2.05) is 0 Å². The molecule has 25 heteroatoms. The number of esters is 3. The number of ether oxygens (including phenoxy) is 7. The number of hydrogen-bond donors (Lipinski definition) is 11. The second kappa shape index (κ2) is 50.9. The summed E-state index contributed by atoms with van der Waals surface area (Å²) < 4.78 is 64.8. The van der Waals surface area contributed by atoms with Crippen molar-refractivity contribution < 1.29 is 117 Å². The molecular weight excluding hydrogens is 1230 g/mol. The average Bonchev–Trinajstić information content (AvgIpc) is 0.783. The first-order valence-corrected chi connectivity index (χ1v) is 37.5. The van der Waals surface area contributed by atoms with Crippen LogP contribution >= 0.6 is 7.82 Å². The lowest BCUT2D eigenvalue weighted by Gasteiger charge is -2.49. The number of hydrogen-bond acceptors (Lipinski definition) is 23. The molecule has 0 aromatic carbocycles. The van der Waals surface area contributed by atoms with Gasteiger partial charge in [0.05, 0.1) is 13.2 Å². The molecule has 3 aliphatic rings. The highest BCUT2D eigenvalue weighted by molar-refractivity contribution is 7.47. The molecule has 18 atom stereocenters. The summed E-state index contributed by atoms with van der Waals surface area (Å²) in [6.07, 6.45) is 7.37. The summed E-state index contributed by atoms with van der Waals surface area (Å²) in [4.78, 5) is 50.8. The SMILES string of the molecule is CCCCCCCC/C=C\CCCCCC(=O)OCC1OC(OC2C(O)C(O)C(O)C(OC3OC(CO)C(O)C(O)C3O)C2OP(=O)(O)OCC(COC(=O)CCCCCCCCCCCCC)OC(=O)CCCCCCCCCCCCCCCC)C(O)C(O)C1O. The van der Waals surface area contributed by atoms with Crippen LogP contribution in [-0.2, 0) is 61.2 Å². The molecule has 0 amide bonds. The van der Waals surface area contributed by atoms with Gasteiger partial charge in [0.2, 0.25) is 0 Å². The van der Waals surface area contributed by atoms with Gasteiger partial charge in [0.25, 0.3) is 0 Å². The molecule has 0 spiro atoms. The van der Waals surface area contributed by atoms with Gasteiger partial charge >= 0.3 is 25.7 Å². The number of rotatable bonds is 55. The highest BCUT2D eigenvalue weighted by Crippen LogP contribution is 2.49. The Labute approximate surface area is 554 Å². The van der Waals surface area contributed by atoms with Crippen molar-refractivity contribution in [2.45, 2.75) is 375 Å². The van der Waals surface area contributed by atoms with E-state index in [4.69, 9.17) is 42.2 Å². The van der Waals surface area contributed by atoms with E-state index in [2.05, 4.69) is 32.9 Å². The summed E-state index contributed by atoms with van der Waals surface area (Å²) in [5.41, 5.74) is 0. The van der Waals surface area contributed by atoms with E-state index >= 15 is 0 Å². The summed E-state index contributed by atoms with van der Waals surface area (Å²) in [5, 5.41) is 110. The molecule has 11 N–H and O–H groups in total. The van der Waals surface area contributed by atoms with Crippen molar-refractivity contribution >= 4 is 25.7 Å². The zero-order valence-corrected chi connectivity index (χ0v) is 57.4. The standard InChI is InChI=1S/C68H125O24P/c1-4-7-10-13-16-19-22-24-26-29-32-35-38-41-44-54(72)87-49(46-84-52(70)42-39-36-33-30-27-21-18-15-12-9-6-3)47-86-93(82,83)92-66-64(90-67-62(80)57(75)55(73)50(45-69)88-67)60(78)59(77)61(79)65(66)91-68-63(81)58(76)56(74)51(89-68)48-85-53(71)43-40-37-34-31-28-25-23-20-17-14-11-8-5-2/h25,28,49-51,55-69,73-81H,4-24,26-27,29-48H2,1-3H3,(H,82,83)/b28-25-. The average molecular weight is 1360 g/mol. The van der Waals surface area contributed by atoms with Crippen LogP contribution in [0.1, 0.15) is 271 Å². The van der Waals surface area contributed by atoms with E-state index < -0.39 is 156 Å². The van der Waals surface area contributed by atoms with Crippen molar-refractivity contribution in [2.75, 3.05) is 26.4 Å². The number of carbonyl (C=O) groups excluding carboxylic acids is 3. The lowest BCUT2D eigenvalue weighted by Crippen LogP contribution is -2.69. The fourth-order valence-electron chi connectivity index (χ4n) is 11.9. The molecule has 3 fully saturated rings. The van der Waals surface area contributed by atoms with E-state index in [1.54, 1.807) is 0 Å². The molecule has 546 valence electrons. The number of carbonyl (C=O) groups is 3. The Hall–Kier alpha value is -2.30. The zero-order chi connectivity index (χ0) is 68.2. The molecule has 24 nitrogen and oxygen atoms in total. The third-order valence-electron chi connectivity index (χ3n) is 17.8. The molecule has 3 rings (SSSR count). The number of unbranched alkanes of at least 4 members (excludes halogenated alkanes) is 32. The van der Waals surface area contributed by atoms with Crippen LogP contribution in [0.3, 0.4) is 0 Å². The topological polar surface area (TPSA) is 374 Å². The number of aliphatic hydroxyl groups excluding tert-OH is 10. The lowest BCUT2D eigenvalue weighted by molar-refractivity contribution is -0.360. The third kappa shape index (κ3) is 34.9. The molecule has 0 bridgehead atoms. The van der Waals surface area contributed by atoms with Crippen LogP contribution in [0.4, 0.5) is 0 Å². The molecule has 2 aliphatic heterocycles. The van der Waals surface area contributed by atoms with E-state index in [0.717, 1.165) is 96.3 Å². The van der Waals surface area contributed by atoms with Crippen LogP contribution in [0.15, 0.2) is 12.2 Å². The van der Waals surface area contributed by atoms with E-state index in [-0.39, 0.29) is 19.3 Å². The first-order valence-electron chi connectivity index (χ1n) is 36.0. The minimum Gasteiger partial charge on any atom is -0.463 e. The second-order valence-corrected chi connectivity index (χ2v) is 27.4. The normalized spacial score (nSPS) is 28.5. The van der Waals surface area contributed by atoms with Gasteiger partial charge in [0.1, 0.15) is 98.7 Å². The Kier molecular flexibility index (Phi) is 46.5. The van der Waals surface area contributed by atoms with Gasteiger partial charge in [-0.05, 0) is 44.9 Å². The van der Waals surface area contributed by atoms with Gasteiger partial charge in [0.15, 0.2) is 18.7 Å². The van der Waals surface area contributed by atoms with Crippen molar-refractivity contribution in [3.05, 3.63) is 12.2 Å². The molecule has 2 heterocycles. The highest BCUT2D eigenvalue weighted by Gasteiger charge is 2.58. The van der Waals surface area contributed by atoms with Crippen LogP contribution < -0.4 is 0 Å². The fourth-order valence-corrected chi connectivity index (χ4v) is 12.8. The minimum atomic E-state index is -5.69. The van der Waals surface area contributed by atoms with Gasteiger partial charge in [-0.3, -0.25) is 23.4 Å². The number of phosphoric ester groups is 1. The predicted octanol–water partition coefficient (Wildman–Crippen LogP) is 8.79. The maximum absolute atomic E-state index is 14.3. The van der Waals surface area contributed by atoms with Crippen LogP contribution in [0, 0.1) is 0 Å². The minimum absolute atomic E-state index is 0.00928. The van der Waals surface area contributed by atoms with Crippen molar-refractivity contribution in [1.82, 2.24) is 0 Å². The van der Waals surface area contributed by atoms with Crippen LogP contribution in [0.5, 0.6) is 0 Å². The summed E-state index contributed by atoms with van der Waals surface area (Å²) in [5.74, 6) is -2.00. The van der Waals surface area contributed by atoms with Crippen LogP contribution in [0.25, 0.3) is 0 Å². The van der Waals surface area contributed by atoms with E-state index in [1.165, 1.54) is 116 Å². The van der Waals surface area contributed by atoms with Gasteiger partial charge < -0.3 is 89.1 Å². The summed E-state index contributed by atoms with van der Waals surface area (Å²) >= 11 is 0. The Morgan fingerprint density at radius 2 is 0.753 bits per heavy atom. The molecule has 93 heavy (non-hydrogen) atoms. The number of phosphoric acid groups is 1. The molecular formula is C68H125O24P. The smallest absolute Gasteiger partial charge is 0.463 e. The second-order valence-electron chi connectivity index (χ2n) is 26.0. The largest absolute Gasteiger partial charge is 0.472 e. The van der Waals surface area contributed by atoms with Crippen molar-refractivity contribution in [3.63, 3.8) is 0 Å². The van der Waals surface area contributed by atoms with Gasteiger partial charge in [-0.25, -0.2) is 4.57 Å². The molecule has 1 saturated carbocycles. The van der Waals surface area contributed by atoms with Crippen molar-refractivity contribution in [1.29, 1.82) is 0 Å². The Morgan fingerprint density at radius 3 is 1.17 bits per heavy atom. The lowest BCUT2D eigenvalue weighted by atomic mass is 9.84. The fraction of sp³-hybridized carbons (Fsp3) is 0.926. The Morgan fingerprint density at radius 1 is 0.409 bits per heavy atom. The quantitative estimate of drug-likeness (QED) is 0.00890. The first-order chi connectivity index (χ1) is 44.8. The molecule has 0 aromatic heterocycles. The Balaban J connectivity index is 1.76. The maximum atomic E-state index is 14.3. The monoisotopic (exact) mass is 1360 g/mol. The molecule has 0 aromatic rings. The molecule has 0 radical (unpaired) electrons. The Bertz CT molecular complexity index is 1990. The molecule has 1 aliphatic carbocycles. The maximum Gasteiger partial charge on any atom is 0.472 e. The van der Waals surface area contributed by atoms with E-state index in [9.17, 15) is 74.9 Å². The van der Waals surface area contributed by atoms with E-state index in [0.29, 0.717) is 19.3 Å². The summed E-state index contributed by atoms with van der Waals surface area (Å²) in [6, 6.07) is 0. The number of allylic oxidation sites excluding steroid dienone is 2. The van der Waals surface area contributed by atoms with Crippen molar-refractivity contribution in [2.24, 2.45) is 0 Å². The third-order valence-corrected chi connectivity index (χ3v) is 18.8. The molecule has 18 unspecified atom stereocenters. The van der Waals surface area contributed by atoms with Crippen molar-refractivity contribution in [3.8, 4) is 0 Å². The van der Waals surface area contributed by atoms with Crippen LogP contribution in [-0.4, -0.2) is 204 Å². The summed E-state index contributed by atoms with van der Waals surface area (Å²) in [6.45, 7) is 3.40. The molecule has 2 saturated heterocycles. The highest BCUT2D eigenvalue weighted by atomic mass is 31.2. The van der Waals surface area contributed by atoms with Gasteiger partial charge in [-0.15, -0.1) is 0 Å². The number of aliphatic hydroxyl groups is 10.